The molecule has 1 aliphatic rings. The molecule has 4 rings (SSSR count). The number of fused-ring (bicyclic) bond motifs is 1. The topological polar surface area (TPSA) is 29.1 Å². The largest absolute Gasteiger partial charge is 0.303 e. The lowest BCUT2D eigenvalue weighted by molar-refractivity contribution is -0.116. The molecular weight excluding hydrogens is 434 g/mol. The molecule has 0 aliphatic carbocycles. The molecule has 1 unspecified atom stereocenters. The van der Waals surface area contributed by atoms with E-state index in [1.807, 2.05) is 66.7 Å². The van der Waals surface area contributed by atoms with Crippen LogP contribution < -0.4 is 5.32 Å². The molecule has 1 heterocycles. The van der Waals surface area contributed by atoms with Gasteiger partial charge in [0, 0.05) is 21.6 Å². The van der Waals surface area contributed by atoms with E-state index in [9.17, 15) is 4.79 Å². The van der Waals surface area contributed by atoms with Crippen molar-refractivity contribution in [3.8, 4) is 11.1 Å². The fourth-order valence-corrected chi connectivity index (χ4v) is 4.42. The molecular formula is C24H19BrClNO. The molecule has 140 valence electrons. The van der Waals surface area contributed by atoms with Gasteiger partial charge in [0.05, 0.1) is 6.04 Å². The zero-order chi connectivity index (χ0) is 19.5. The van der Waals surface area contributed by atoms with Crippen LogP contribution in [-0.2, 0) is 11.2 Å². The standard InChI is InChI=1S/C24H19BrClNO/c25-20-10-4-3-9-19(20)23-17(7-5-11-21(23)26)12-13-22(28)24-18-8-2-1-6-16(18)14-15-27-24/h1-13,24,27H,14-15H2/b13-12+. The summed E-state index contributed by atoms with van der Waals surface area (Å²) in [5, 5.41) is 4.00. The first kappa shape index (κ1) is 19.1. The lowest BCUT2D eigenvalue weighted by Gasteiger charge is -2.24. The molecule has 28 heavy (non-hydrogen) atoms. The van der Waals surface area contributed by atoms with Gasteiger partial charge in [-0.2, -0.15) is 0 Å². The Labute approximate surface area is 178 Å². The zero-order valence-corrected chi connectivity index (χ0v) is 17.5. The maximum absolute atomic E-state index is 12.9. The van der Waals surface area contributed by atoms with E-state index in [4.69, 9.17) is 11.6 Å². The molecule has 0 fully saturated rings. The van der Waals surface area contributed by atoms with Gasteiger partial charge in [-0.3, -0.25) is 4.79 Å². The van der Waals surface area contributed by atoms with Gasteiger partial charge in [-0.05, 0) is 46.9 Å². The van der Waals surface area contributed by atoms with Crippen molar-refractivity contribution < 1.29 is 4.79 Å². The van der Waals surface area contributed by atoms with Crippen molar-refractivity contribution in [1.82, 2.24) is 5.32 Å². The molecule has 1 aliphatic heterocycles. The molecule has 3 aromatic rings. The molecule has 3 aromatic carbocycles. The van der Waals surface area contributed by atoms with E-state index in [0.717, 1.165) is 39.7 Å². The quantitative estimate of drug-likeness (QED) is 0.475. The Morgan fingerprint density at radius 2 is 1.82 bits per heavy atom. The Hall–Kier alpha value is -2.20. The minimum atomic E-state index is -0.299. The van der Waals surface area contributed by atoms with Gasteiger partial charge < -0.3 is 5.32 Å². The van der Waals surface area contributed by atoms with Gasteiger partial charge in [-0.15, -0.1) is 0 Å². The van der Waals surface area contributed by atoms with E-state index in [1.54, 1.807) is 6.08 Å². The smallest absolute Gasteiger partial charge is 0.177 e. The van der Waals surface area contributed by atoms with E-state index in [1.165, 1.54) is 5.56 Å². The summed E-state index contributed by atoms with van der Waals surface area (Å²) in [6.07, 6.45) is 4.47. The van der Waals surface area contributed by atoms with Gasteiger partial charge in [0.15, 0.2) is 5.78 Å². The molecule has 0 aromatic heterocycles. The second-order valence-electron chi connectivity index (χ2n) is 6.76. The summed E-state index contributed by atoms with van der Waals surface area (Å²) in [6.45, 7) is 0.806. The highest BCUT2D eigenvalue weighted by Crippen LogP contribution is 2.36. The maximum atomic E-state index is 12.9. The predicted octanol–water partition coefficient (Wildman–Crippen LogP) is 6.24. The first-order chi connectivity index (χ1) is 13.6. The number of ketones is 1. The Balaban J connectivity index is 1.67. The molecule has 0 spiro atoms. The van der Waals surface area contributed by atoms with Crippen LogP contribution >= 0.6 is 27.5 Å². The number of hydrogen-bond donors (Lipinski definition) is 1. The summed E-state index contributed by atoms with van der Waals surface area (Å²) in [5.41, 5.74) is 5.14. The molecule has 0 bridgehead atoms. The molecule has 0 saturated carbocycles. The second kappa shape index (κ2) is 8.44. The van der Waals surface area contributed by atoms with Crippen molar-refractivity contribution in [1.29, 1.82) is 0 Å². The molecule has 4 heteroatoms. The number of nitrogens with one attached hydrogen (secondary N) is 1. The van der Waals surface area contributed by atoms with Gasteiger partial charge in [0.2, 0.25) is 0 Å². The molecule has 1 N–H and O–H groups in total. The average Bonchev–Trinajstić information content (AvgIpc) is 2.72. The normalized spacial score (nSPS) is 16.1. The summed E-state index contributed by atoms with van der Waals surface area (Å²) in [7, 11) is 0. The van der Waals surface area contributed by atoms with Crippen LogP contribution in [0, 0.1) is 0 Å². The molecule has 0 amide bonds. The SMILES string of the molecule is O=C(/C=C/c1cccc(Cl)c1-c1ccccc1Br)C1NCCc2ccccc21. The highest BCUT2D eigenvalue weighted by Gasteiger charge is 2.24. The number of halogens is 2. The first-order valence-electron chi connectivity index (χ1n) is 9.21. The predicted molar refractivity (Wildman–Crippen MR) is 120 cm³/mol. The van der Waals surface area contributed by atoms with Crippen LogP contribution in [0.4, 0.5) is 0 Å². The van der Waals surface area contributed by atoms with Crippen LogP contribution in [0.2, 0.25) is 5.02 Å². The van der Waals surface area contributed by atoms with Gasteiger partial charge in [0.1, 0.15) is 0 Å². The zero-order valence-electron chi connectivity index (χ0n) is 15.2. The lowest BCUT2D eigenvalue weighted by atomic mass is 9.91. The molecule has 2 nitrogen and oxygen atoms in total. The summed E-state index contributed by atoms with van der Waals surface area (Å²) in [5.74, 6) is 0.0465. The molecule has 0 radical (unpaired) electrons. The molecule has 1 atom stereocenters. The number of benzene rings is 3. The van der Waals surface area contributed by atoms with Crippen molar-refractivity contribution in [3.05, 3.63) is 99.0 Å². The number of rotatable bonds is 4. The van der Waals surface area contributed by atoms with Crippen LogP contribution in [0.25, 0.3) is 17.2 Å². The number of hydrogen-bond acceptors (Lipinski definition) is 2. The van der Waals surface area contributed by atoms with Crippen molar-refractivity contribution in [2.24, 2.45) is 0 Å². The Bertz CT molecular complexity index is 1060. The van der Waals surface area contributed by atoms with Crippen LogP contribution in [0.5, 0.6) is 0 Å². The second-order valence-corrected chi connectivity index (χ2v) is 8.02. The van der Waals surface area contributed by atoms with E-state index < -0.39 is 0 Å². The summed E-state index contributed by atoms with van der Waals surface area (Å²) in [4.78, 5) is 12.9. The monoisotopic (exact) mass is 451 g/mol. The Morgan fingerprint density at radius 3 is 2.68 bits per heavy atom. The van der Waals surface area contributed by atoms with Crippen LogP contribution in [0.3, 0.4) is 0 Å². The van der Waals surface area contributed by atoms with Crippen molar-refractivity contribution in [2.75, 3.05) is 6.54 Å². The fourth-order valence-electron chi connectivity index (χ4n) is 3.65. The highest BCUT2D eigenvalue weighted by molar-refractivity contribution is 9.10. The van der Waals surface area contributed by atoms with Gasteiger partial charge in [0.25, 0.3) is 0 Å². The van der Waals surface area contributed by atoms with Crippen LogP contribution in [-0.4, -0.2) is 12.3 Å². The van der Waals surface area contributed by atoms with Crippen LogP contribution in [0.15, 0.2) is 77.3 Å². The highest BCUT2D eigenvalue weighted by atomic mass is 79.9. The van der Waals surface area contributed by atoms with Crippen molar-refractivity contribution >= 4 is 39.4 Å². The first-order valence-corrected chi connectivity index (χ1v) is 10.4. The van der Waals surface area contributed by atoms with Gasteiger partial charge in [-0.25, -0.2) is 0 Å². The van der Waals surface area contributed by atoms with Crippen LogP contribution in [0.1, 0.15) is 22.7 Å². The summed E-state index contributed by atoms with van der Waals surface area (Å²) < 4.78 is 0.965. The van der Waals surface area contributed by atoms with Crippen molar-refractivity contribution in [2.45, 2.75) is 12.5 Å². The van der Waals surface area contributed by atoms with Gasteiger partial charge >= 0.3 is 0 Å². The van der Waals surface area contributed by atoms with E-state index >= 15 is 0 Å². The Morgan fingerprint density at radius 1 is 1.04 bits per heavy atom. The average molecular weight is 453 g/mol. The minimum Gasteiger partial charge on any atom is -0.303 e. The third-order valence-corrected chi connectivity index (χ3v) is 6.02. The maximum Gasteiger partial charge on any atom is 0.177 e. The van der Waals surface area contributed by atoms with Gasteiger partial charge in [-0.1, -0.05) is 88.2 Å². The Kier molecular flexibility index (Phi) is 5.77. The fraction of sp³-hybridized carbons (Fsp3) is 0.125. The lowest BCUT2D eigenvalue weighted by Crippen LogP contribution is -2.34. The number of carbonyl (C=O) groups excluding carboxylic acids is 1. The van der Waals surface area contributed by atoms with Crippen molar-refractivity contribution in [3.63, 3.8) is 0 Å². The van der Waals surface area contributed by atoms with E-state index in [2.05, 4.69) is 27.3 Å². The van der Waals surface area contributed by atoms with E-state index in [-0.39, 0.29) is 11.8 Å². The third-order valence-electron chi connectivity index (χ3n) is 5.01. The summed E-state index contributed by atoms with van der Waals surface area (Å²) in [6, 6.07) is 21.5. The summed E-state index contributed by atoms with van der Waals surface area (Å²) >= 11 is 10.1. The van der Waals surface area contributed by atoms with E-state index in [0.29, 0.717) is 5.02 Å². The minimum absolute atomic E-state index is 0.0465. The molecule has 0 saturated heterocycles. The number of carbonyl (C=O) groups is 1. The third kappa shape index (κ3) is 3.83.